The van der Waals surface area contributed by atoms with Crippen molar-refractivity contribution >= 4 is 13.0 Å². The minimum atomic E-state index is -4.74. The molecule has 0 spiro atoms. The molecule has 0 fully saturated rings. The van der Waals surface area contributed by atoms with Gasteiger partial charge in [0.05, 0.1) is 0 Å². The van der Waals surface area contributed by atoms with Crippen LogP contribution in [0.4, 0.5) is 13.2 Å². The van der Waals surface area contributed by atoms with Crippen LogP contribution >= 0.6 is 0 Å². The number of rotatable bonds is 3. The average molecular weight is 230 g/mol. The number of nitrogens with two attached hydrogens (primary N) is 1. The summed E-state index contributed by atoms with van der Waals surface area (Å²) in [4.78, 5) is 13.3. The second-order valence-corrected chi connectivity index (χ2v) is 3.16. The molecule has 1 rings (SSSR count). The molecular formula is C10H9F3N2O. The van der Waals surface area contributed by atoms with E-state index in [1.54, 1.807) is 0 Å². The van der Waals surface area contributed by atoms with Crippen molar-refractivity contribution in [1.29, 1.82) is 0 Å². The Labute approximate surface area is 89.8 Å². The second kappa shape index (κ2) is 4.05. The van der Waals surface area contributed by atoms with Crippen molar-refractivity contribution in [3.8, 4) is 0 Å². The first kappa shape index (κ1) is 12.4. The van der Waals surface area contributed by atoms with E-state index < -0.39 is 11.8 Å². The van der Waals surface area contributed by atoms with Gasteiger partial charge in [-0.15, -0.1) is 0 Å². The Morgan fingerprint density at radius 3 is 2.06 bits per heavy atom. The van der Waals surface area contributed by atoms with Gasteiger partial charge in [-0.25, -0.2) is 0 Å². The van der Waals surface area contributed by atoms with Gasteiger partial charge in [-0.2, -0.15) is 13.2 Å². The Hall–Kier alpha value is -1.69. The predicted molar refractivity (Wildman–Crippen MR) is 53.3 cm³/mol. The topological polar surface area (TPSA) is 55.4 Å². The van der Waals surface area contributed by atoms with E-state index in [4.69, 9.17) is 5.73 Å². The lowest BCUT2D eigenvalue weighted by Gasteiger charge is -2.27. The third kappa shape index (κ3) is 1.96. The summed E-state index contributed by atoms with van der Waals surface area (Å²) < 4.78 is 37.9. The minimum absolute atomic E-state index is 0.261. The van der Waals surface area contributed by atoms with E-state index in [0.717, 1.165) is 12.1 Å². The van der Waals surface area contributed by atoms with Gasteiger partial charge in [0, 0.05) is 11.1 Å². The molecule has 16 heavy (non-hydrogen) atoms. The molecule has 0 radical (unpaired) electrons. The lowest BCUT2D eigenvalue weighted by Crippen LogP contribution is -2.48. The SMILES string of the molecule is C=NC(N)(c1ccc(C=O)cc1)C(F)(F)F. The van der Waals surface area contributed by atoms with Gasteiger partial charge in [-0.3, -0.25) is 15.5 Å². The summed E-state index contributed by atoms with van der Waals surface area (Å²) in [6, 6.07) is 4.68. The van der Waals surface area contributed by atoms with Gasteiger partial charge in [0.25, 0.3) is 0 Å². The van der Waals surface area contributed by atoms with E-state index in [1.165, 1.54) is 12.1 Å². The van der Waals surface area contributed by atoms with E-state index in [9.17, 15) is 18.0 Å². The van der Waals surface area contributed by atoms with Crippen molar-refractivity contribution in [3.05, 3.63) is 35.4 Å². The summed E-state index contributed by atoms with van der Waals surface area (Å²) >= 11 is 0. The number of carbonyl (C=O) groups is 1. The molecule has 2 N–H and O–H groups in total. The molecule has 0 saturated carbocycles. The van der Waals surface area contributed by atoms with Crippen molar-refractivity contribution < 1.29 is 18.0 Å². The zero-order valence-electron chi connectivity index (χ0n) is 8.16. The smallest absolute Gasteiger partial charge is 0.298 e. The van der Waals surface area contributed by atoms with Crippen molar-refractivity contribution in [2.24, 2.45) is 10.7 Å². The van der Waals surface area contributed by atoms with Gasteiger partial charge < -0.3 is 0 Å². The van der Waals surface area contributed by atoms with Crippen LogP contribution in [0, 0.1) is 0 Å². The summed E-state index contributed by atoms with van der Waals surface area (Å²) in [5, 5.41) is 0. The Bertz CT molecular complexity index is 400. The Kier molecular flexibility index (Phi) is 3.14. The third-order valence-corrected chi connectivity index (χ3v) is 2.17. The van der Waals surface area contributed by atoms with Gasteiger partial charge in [0.15, 0.2) is 0 Å². The molecule has 0 heterocycles. The van der Waals surface area contributed by atoms with Crippen LogP contribution in [0.3, 0.4) is 0 Å². The van der Waals surface area contributed by atoms with Gasteiger partial charge in [0.1, 0.15) is 6.29 Å². The maximum absolute atomic E-state index is 12.6. The Balaban J connectivity index is 3.23. The van der Waals surface area contributed by atoms with Crippen molar-refractivity contribution in [2.45, 2.75) is 11.8 Å². The molecule has 86 valence electrons. The van der Waals surface area contributed by atoms with Crippen LogP contribution in [0.25, 0.3) is 0 Å². The molecule has 1 aromatic rings. The summed E-state index contributed by atoms with van der Waals surface area (Å²) in [6.07, 6.45) is -4.21. The van der Waals surface area contributed by atoms with E-state index in [1.807, 2.05) is 0 Å². The number of carbonyl (C=O) groups excluding carboxylic acids is 1. The molecule has 0 aromatic heterocycles. The fraction of sp³-hybridized carbons (Fsp3) is 0.200. The molecular weight excluding hydrogens is 221 g/mol. The number of benzene rings is 1. The van der Waals surface area contributed by atoms with Crippen LogP contribution in [-0.4, -0.2) is 19.2 Å². The number of aldehydes is 1. The van der Waals surface area contributed by atoms with Crippen LogP contribution in [-0.2, 0) is 5.66 Å². The summed E-state index contributed by atoms with van der Waals surface area (Å²) in [5.74, 6) is 0. The van der Waals surface area contributed by atoms with Gasteiger partial charge in [0.2, 0.25) is 5.66 Å². The quantitative estimate of drug-likeness (QED) is 0.636. The number of hydrogen-bond donors (Lipinski definition) is 1. The first-order valence-electron chi connectivity index (χ1n) is 4.24. The zero-order valence-corrected chi connectivity index (χ0v) is 8.16. The molecule has 0 bridgehead atoms. The lowest BCUT2D eigenvalue weighted by atomic mass is 9.99. The molecule has 0 aliphatic rings. The molecule has 1 unspecified atom stereocenters. The number of halogens is 3. The normalized spacial score (nSPS) is 15.2. The van der Waals surface area contributed by atoms with Crippen molar-refractivity contribution in [3.63, 3.8) is 0 Å². The Morgan fingerprint density at radius 1 is 1.25 bits per heavy atom. The molecule has 6 heteroatoms. The molecule has 1 atom stereocenters. The number of aliphatic imine (C=N–C) groups is 1. The summed E-state index contributed by atoms with van der Waals surface area (Å²) in [6.45, 7) is 2.85. The predicted octanol–water partition coefficient (Wildman–Crippen LogP) is 1.87. The molecule has 0 amide bonds. The van der Waals surface area contributed by atoms with Crippen LogP contribution in [0.1, 0.15) is 15.9 Å². The van der Waals surface area contributed by atoms with Gasteiger partial charge >= 0.3 is 6.18 Å². The maximum Gasteiger partial charge on any atom is 0.431 e. The number of alkyl halides is 3. The van der Waals surface area contributed by atoms with Crippen LogP contribution < -0.4 is 5.73 Å². The fourth-order valence-corrected chi connectivity index (χ4v) is 1.16. The highest BCUT2D eigenvalue weighted by Crippen LogP contribution is 2.37. The standard InChI is InChI=1S/C10H9F3N2O/c1-15-9(14,10(11,12)13)8-4-2-7(6-16)3-5-8/h2-6H,1,14H2. The van der Waals surface area contributed by atoms with E-state index >= 15 is 0 Å². The highest BCUT2D eigenvalue weighted by Gasteiger charge is 2.53. The molecule has 0 aliphatic heterocycles. The lowest BCUT2D eigenvalue weighted by molar-refractivity contribution is -0.186. The van der Waals surface area contributed by atoms with Crippen molar-refractivity contribution in [2.75, 3.05) is 0 Å². The first-order chi connectivity index (χ1) is 7.35. The summed E-state index contributed by atoms with van der Waals surface area (Å²) in [7, 11) is 0. The van der Waals surface area contributed by atoms with Crippen molar-refractivity contribution in [1.82, 2.24) is 0 Å². The minimum Gasteiger partial charge on any atom is -0.298 e. The van der Waals surface area contributed by atoms with E-state index in [2.05, 4.69) is 11.7 Å². The second-order valence-electron chi connectivity index (χ2n) is 3.16. The zero-order chi connectivity index (χ0) is 12.4. The van der Waals surface area contributed by atoms with E-state index in [0.29, 0.717) is 6.29 Å². The van der Waals surface area contributed by atoms with Crippen LogP contribution in [0.2, 0.25) is 0 Å². The van der Waals surface area contributed by atoms with E-state index in [-0.39, 0.29) is 11.1 Å². The third-order valence-electron chi connectivity index (χ3n) is 2.17. The van der Waals surface area contributed by atoms with Gasteiger partial charge in [-0.05, 0) is 6.72 Å². The number of hydrogen-bond acceptors (Lipinski definition) is 3. The largest absolute Gasteiger partial charge is 0.431 e. The molecule has 1 aromatic carbocycles. The molecule has 3 nitrogen and oxygen atoms in total. The maximum atomic E-state index is 12.6. The van der Waals surface area contributed by atoms with Crippen LogP contribution in [0.15, 0.2) is 29.3 Å². The highest BCUT2D eigenvalue weighted by atomic mass is 19.4. The fourth-order valence-electron chi connectivity index (χ4n) is 1.16. The first-order valence-corrected chi connectivity index (χ1v) is 4.24. The monoisotopic (exact) mass is 230 g/mol. The average Bonchev–Trinajstić information content (AvgIpc) is 2.26. The summed E-state index contributed by atoms with van der Waals surface area (Å²) in [5.41, 5.74) is 2.30. The van der Waals surface area contributed by atoms with Gasteiger partial charge in [-0.1, -0.05) is 24.3 Å². The van der Waals surface area contributed by atoms with Crippen LogP contribution in [0.5, 0.6) is 0 Å². The number of nitrogens with zero attached hydrogens (tertiary/aromatic N) is 1. The molecule has 0 aliphatic carbocycles. The Morgan fingerprint density at radius 2 is 1.75 bits per heavy atom. The highest BCUT2D eigenvalue weighted by molar-refractivity contribution is 5.74. The molecule has 0 saturated heterocycles.